The number of carbonyl (C=O) groups is 1. The number of hydrogen-bond donors (Lipinski definition) is 0. The maximum Gasteiger partial charge on any atom is 1.00 e. The zero-order chi connectivity index (χ0) is 22.0. The molecule has 0 spiro atoms. The monoisotopic (exact) mass is 498 g/mol. The fraction of sp³-hybridized carbons (Fsp3) is 0.300. The summed E-state index contributed by atoms with van der Waals surface area (Å²) in [6.07, 6.45) is 0. The van der Waals surface area contributed by atoms with Crippen LogP contribution in [-0.4, -0.2) is 29.4 Å². The van der Waals surface area contributed by atoms with Gasteiger partial charge in [-0.1, -0.05) is 69.9 Å². The second-order valence-electron chi connectivity index (χ2n) is 5.93. The Kier molecular flexibility index (Phi) is 16.4. The van der Waals surface area contributed by atoms with Gasteiger partial charge in [-0.2, -0.15) is 0 Å². The molecular formula is C20H27KO4S4. The van der Waals surface area contributed by atoms with E-state index in [-0.39, 0.29) is 61.4 Å². The Balaban J connectivity index is 0. The van der Waals surface area contributed by atoms with Crippen molar-refractivity contribution in [1.82, 2.24) is 0 Å². The molecule has 0 aliphatic rings. The summed E-state index contributed by atoms with van der Waals surface area (Å²) in [5.74, 6) is 3.76. The molecule has 0 amide bonds. The Hall–Kier alpha value is 0.286. The zero-order valence-electron chi connectivity index (χ0n) is 17.8. The van der Waals surface area contributed by atoms with E-state index in [2.05, 4.69) is 55.6 Å². The molecule has 1 atom stereocenters. The Morgan fingerprint density at radius 2 is 1.21 bits per heavy atom. The van der Waals surface area contributed by atoms with Crippen molar-refractivity contribution in [2.24, 2.45) is 0 Å². The molecule has 0 heterocycles. The first-order valence-electron chi connectivity index (χ1n) is 8.37. The van der Waals surface area contributed by atoms with Gasteiger partial charge in [0.2, 0.25) is 5.12 Å². The molecule has 0 aliphatic heterocycles. The number of rotatable bonds is 2. The van der Waals surface area contributed by atoms with E-state index in [1.807, 2.05) is 6.92 Å². The van der Waals surface area contributed by atoms with Crippen LogP contribution in [-0.2, 0) is 43.7 Å². The molecule has 2 rings (SSSR count). The average molecular weight is 499 g/mol. The van der Waals surface area contributed by atoms with E-state index in [0.717, 1.165) is 15.5 Å². The van der Waals surface area contributed by atoms with Crippen LogP contribution in [0.4, 0.5) is 0 Å². The summed E-state index contributed by atoms with van der Waals surface area (Å²) < 4.78 is 32.7. The smallest absolute Gasteiger partial charge is 0.644 e. The van der Waals surface area contributed by atoms with Gasteiger partial charge in [0.1, 0.15) is 0 Å². The molecule has 0 bridgehead atoms. The molecule has 1 unspecified atom stereocenters. The van der Waals surface area contributed by atoms with Crippen LogP contribution < -0.4 is 51.4 Å². The Morgan fingerprint density at radius 3 is 1.38 bits per heavy atom. The zero-order valence-corrected chi connectivity index (χ0v) is 24.2. The van der Waals surface area contributed by atoms with Crippen LogP contribution >= 0.6 is 0 Å². The van der Waals surface area contributed by atoms with Gasteiger partial charge < -0.3 is 11.7 Å². The third-order valence-corrected chi connectivity index (χ3v) is 9.53. The Labute approximate surface area is 226 Å². The number of aryl methyl sites for hydroxylation is 3. The summed E-state index contributed by atoms with van der Waals surface area (Å²) in [4.78, 5) is 10.8. The second kappa shape index (κ2) is 15.1. The van der Waals surface area contributed by atoms with Gasteiger partial charge in [-0.3, -0.25) is 4.79 Å². The molecule has 2 aromatic rings. The maximum atomic E-state index is 11.2. The van der Waals surface area contributed by atoms with Gasteiger partial charge in [-0.15, -0.1) is 0 Å². The minimum absolute atomic E-state index is 0. The molecule has 156 valence electrons. The van der Waals surface area contributed by atoms with E-state index in [1.54, 1.807) is 19.1 Å². The van der Waals surface area contributed by atoms with Gasteiger partial charge in [0.15, 0.2) is 0 Å². The molecule has 0 saturated carbocycles. The topological polar surface area (TPSA) is 68.3 Å². The maximum absolute atomic E-state index is 11.2. The van der Waals surface area contributed by atoms with E-state index in [4.69, 9.17) is 0 Å². The minimum atomic E-state index is -3.44. The Morgan fingerprint density at radius 1 is 0.897 bits per heavy atom. The van der Waals surface area contributed by atoms with E-state index in [9.17, 15) is 17.4 Å². The standard InChI is InChI=1S/C8H10.C7H8O2S2.C5H10O2S2.K/c1-7-3-5-8(2)6-4-7;1-6-2-4-7(5-3-6)11(8,9)10;1-4-9(7,8-3)5(2)6;/h3-6H,1-2H3;2-5H,1H3,(H,8,9,10);3-4H2,1-2H3;/q;;;+1/p-1. The first-order valence-corrected chi connectivity index (χ1v) is 14.0. The predicted octanol–water partition coefficient (Wildman–Crippen LogP) is 0.805. The van der Waals surface area contributed by atoms with Crippen molar-refractivity contribution in [3.8, 4) is 0 Å². The van der Waals surface area contributed by atoms with Crippen LogP contribution in [0, 0.1) is 20.8 Å². The summed E-state index contributed by atoms with van der Waals surface area (Å²) in [5, 5.41) is -0.259. The first kappa shape index (κ1) is 31.5. The van der Waals surface area contributed by atoms with Crippen molar-refractivity contribution in [3.05, 3.63) is 65.2 Å². The largest absolute Gasteiger partial charge is 1.00 e. The van der Waals surface area contributed by atoms with Crippen LogP contribution in [0.2, 0.25) is 0 Å². The normalized spacial score (nSPS) is 11.9. The van der Waals surface area contributed by atoms with Gasteiger partial charge in [0.05, 0.1) is 17.4 Å². The average Bonchev–Trinajstić information content (AvgIpc) is 2.64. The van der Waals surface area contributed by atoms with Gasteiger partial charge in [-0.05, 0) is 38.8 Å². The quantitative estimate of drug-likeness (QED) is 0.265. The third kappa shape index (κ3) is 13.3. The van der Waals surface area contributed by atoms with E-state index >= 15 is 0 Å². The molecule has 0 aromatic heterocycles. The fourth-order valence-electron chi connectivity index (χ4n) is 1.71. The molecule has 0 aliphatic carbocycles. The van der Waals surface area contributed by atoms with Gasteiger partial charge in [-0.25, -0.2) is 12.6 Å². The number of carbonyl (C=O) groups excluding carboxylic acids is 1. The van der Waals surface area contributed by atoms with Crippen LogP contribution in [0.15, 0.2) is 53.4 Å². The summed E-state index contributed by atoms with van der Waals surface area (Å²) >= 11 is 4.27. The molecule has 29 heavy (non-hydrogen) atoms. The molecule has 4 nitrogen and oxygen atoms in total. The third-order valence-electron chi connectivity index (χ3n) is 3.54. The van der Waals surface area contributed by atoms with Crippen molar-refractivity contribution in [1.29, 1.82) is 0 Å². The number of hydrogen-bond acceptors (Lipinski definition) is 5. The molecule has 0 radical (unpaired) electrons. The van der Waals surface area contributed by atoms with Crippen LogP contribution in [0.3, 0.4) is 0 Å². The predicted molar refractivity (Wildman–Crippen MR) is 125 cm³/mol. The first-order chi connectivity index (χ1) is 12.9. The van der Waals surface area contributed by atoms with E-state index < -0.39 is 17.4 Å². The van der Waals surface area contributed by atoms with Crippen molar-refractivity contribution in [3.63, 3.8) is 0 Å². The molecule has 2 aromatic carbocycles. The van der Waals surface area contributed by atoms with Crippen LogP contribution in [0.1, 0.15) is 30.5 Å². The second-order valence-corrected chi connectivity index (χ2v) is 13.6. The van der Waals surface area contributed by atoms with E-state index in [1.165, 1.54) is 30.2 Å². The van der Waals surface area contributed by atoms with Crippen LogP contribution in [0.25, 0.3) is 0 Å². The minimum Gasteiger partial charge on any atom is -0.644 e. The Bertz CT molecular complexity index is 994. The number of benzene rings is 2. The van der Waals surface area contributed by atoms with Crippen molar-refractivity contribution < 1.29 is 68.8 Å². The van der Waals surface area contributed by atoms with Crippen LogP contribution in [0.5, 0.6) is 0 Å². The van der Waals surface area contributed by atoms with Gasteiger partial charge in [0.25, 0.3) is 0 Å². The fourth-order valence-corrected chi connectivity index (χ4v) is 4.25. The molecule has 0 fully saturated rings. The summed E-state index contributed by atoms with van der Waals surface area (Å²) in [5.41, 5.74) is 3.68. The SMILES string of the molecule is C=S=S(=O)(CC)C(C)=O.Cc1ccc(C)cc1.Cc1ccc(S(=O)(=O)[S-])cc1.[K+]. The summed E-state index contributed by atoms with van der Waals surface area (Å²) in [7, 11) is -4.84. The molecule has 0 saturated heterocycles. The summed E-state index contributed by atoms with van der Waals surface area (Å²) in [6, 6.07) is 14.9. The van der Waals surface area contributed by atoms with E-state index in [0.29, 0.717) is 5.75 Å². The van der Waals surface area contributed by atoms with Crippen molar-refractivity contribution >= 4 is 49.9 Å². The van der Waals surface area contributed by atoms with Crippen molar-refractivity contribution in [2.45, 2.75) is 39.5 Å². The van der Waals surface area contributed by atoms with Gasteiger partial charge in [0, 0.05) is 17.6 Å². The molecule has 0 N–H and O–H groups in total. The van der Waals surface area contributed by atoms with Crippen molar-refractivity contribution in [2.75, 3.05) is 5.75 Å². The molecule has 9 heteroatoms. The summed E-state index contributed by atoms with van der Waals surface area (Å²) in [6.45, 7) is 9.14. The van der Waals surface area contributed by atoms with Gasteiger partial charge >= 0.3 is 51.4 Å². The molecular weight excluding hydrogens is 472 g/mol.